The van der Waals surface area contributed by atoms with E-state index < -0.39 is 17.9 Å². The third kappa shape index (κ3) is 4.54. The number of anilines is 1. The maximum atomic E-state index is 12.7. The highest BCUT2D eigenvalue weighted by Gasteiger charge is 2.21. The smallest absolute Gasteiger partial charge is 0.254 e. The van der Waals surface area contributed by atoms with E-state index in [0.717, 1.165) is 16.3 Å². The zero-order valence-corrected chi connectivity index (χ0v) is 15.4. The van der Waals surface area contributed by atoms with Gasteiger partial charge in [-0.25, -0.2) is 0 Å². The Morgan fingerprint density at radius 1 is 0.929 bits per heavy atom. The number of primary amides is 1. The minimum absolute atomic E-state index is 0.266. The van der Waals surface area contributed by atoms with Crippen molar-refractivity contribution in [1.82, 2.24) is 5.32 Å². The fraction of sp³-hybridized carbons (Fsp3) is 0.136. The number of para-hydroxylation sites is 1. The molecule has 0 unspecified atom stereocenters. The lowest BCUT2D eigenvalue weighted by atomic mass is 10.0. The molecule has 0 spiro atoms. The minimum Gasteiger partial charge on any atom is -0.368 e. The molecule has 0 aliphatic rings. The summed E-state index contributed by atoms with van der Waals surface area (Å²) in [5.41, 5.74) is 7.05. The van der Waals surface area contributed by atoms with Gasteiger partial charge in [0.15, 0.2) is 0 Å². The maximum absolute atomic E-state index is 12.7. The summed E-state index contributed by atoms with van der Waals surface area (Å²) < 4.78 is 0. The molecule has 28 heavy (non-hydrogen) atoms. The number of fused-ring (bicyclic) bond motifs is 1. The lowest BCUT2D eigenvalue weighted by molar-refractivity contribution is -0.119. The van der Waals surface area contributed by atoms with Gasteiger partial charge in [0.1, 0.15) is 6.04 Å². The van der Waals surface area contributed by atoms with Gasteiger partial charge in [-0.3, -0.25) is 14.4 Å². The van der Waals surface area contributed by atoms with Gasteiger partial charge in [0.2, 0.25) is 11.8 Å². The Kier molecular flexibility index (Phi) is 5.69. The van der Waals surface area contributed by atoms with Crippen LogP contribution < -0.4 is 16.4 Å². The topological polar surface area (TPSA) is 101 Å². The largest absolute Gasteiger partial charge is 0.368 e. The Balaban J connectivity index is 1.80. The van der Waals surface area contributed by atoms with Crippen LogP contribution in [0.4, 0.5) is 5.69 Å². The number of amides is 3. The summed E-state index contributed by atoms with van der Waals surface area (Å²) >= 11 is 0. The Hall–Kier alpha value is -3.67. The molecule has 0 heterocycles. The molecule has 3 aromatic rings. The highest BCUT2D eigenvalue weighted by molar-refractivity contribution is 6.04. The molecular weight excluding hydrogens is 354 g/mol. The molecule has 3 amide bonds. The summed E-state index contributed by atoms with van der Waals surface area (Å²) in [5.74, 6) is -1.39. The van der Waals surface area contributed by atoms with Crippen molar-refractivity contribution in [2.24, 2.45) is 5.73 Å². The van der Waals surface area contributed by atoms with E-state index in [1.807, 2.05) is 42.5 Å². The highest BCUT2D eigenvalue weighted by atomic mass is 16.2. The first-order valence-corrected chi connectivity index (χ1v) is 8.88. The molecule has 0 fully saturated rings. The van der Waals surface area contributed by atoms with Crippen molar-refractivity contribution in [2.75, 3.05) is 5.32 Å². The molecule has 0 bridgehead atoms. The van der Waals surface area contributed by atoms with Gasteiger partial charge in [-0.05, 0) is 28.5 Å². The van der Waals surface area contributed by atoms with Crippen LogP contribution in [0.3, 0.4) is 0 Å². The predicted molar refractivity (Wildman–Crippen MR) is 109 cm³/mol. The SMILES string of the molecule is CC(=O)Nc1ccccc1C(=O)N[C@H](Cc1ccc2ccccc2c1)C(N)=O. The van der Waals surface area contributed by atoms with Crippen LogP contribution in [0.2, 0.25) is 0 Å². The molecule has 6 heteroatoms. The van der Waals surface area contributed by atoms with Crippen LogP contribution >= 0.6 is 0 Å². The quantitative estimate of drug-likeness (QED) is 0.617. The summed E-state index contributed by atoms with van der Waals surface area (Å²) in [6, 6.07) is 19.5. The van der Waals surface area contributed by atoms with Crippen molar-refractivity contribution in [3.8, 4) is 0 Å². The van der Waals surface area contributed by atoms with Crippen molar-refractivity contribution in [2.45, 2.75) is 19.4 Å². The van der Waals surface area contributed by atoms with E-state index in [2.05, 4.69) is 10.6 Å². The molecular formula is C22H21N3O3. The number of benzene rings is 3. The van der Waals surface area contributed by atoms with Gasteiger partial charge in [0.25, 0.3) is 5.91 Å². The third-order valence-corrected chi connectivity index (χ3v) is 4.38. The van der Waals surface area contributed by atoms with Gasteiger partial charge in [0.05, 0.1) is 11.3 Å². The van der Waals surface area contributed by atoms with Crippen LogP contribution in [0.15, 0.2) is 66.7 Å². The summed E-state index contributed by atoms with van der Waals surface area (Å²) in [6.07, 6.45) is 0.272. The fourth-order valence-electron chi connectivity index (χ4n) is 3.04. The van der Waals surface area contributed by atoms with Crippen molar-refractivity contribution in [3.63, 3.8) is 0 Å². The fourth-order valence-corrected chi connectivity index (χ4v) is 3.04. The summed E-state index contributed by atoms with van der Waals surface area (Å²) in [6.45, 7) is 1.36. The van der Waals surface area contributed by atoms with E-state index in [1.165, 1.54) is 6.92 Å². The van der Waals surface area contributed by atoms with Crippen LogP contribution in [0.25, 0.3) is 10.8 Å². The number of rotatable bonds is 6. The van der Waals surface area contributed by atoms with Crippen LogP contribution in [0.1, 0.15) is 22.8 Å². The van der Waals surface area contributed by atoms with E-state index in [9.17, 15) is 14.4 Å². The lowest BCUT2D eigenvalue weighted by Crippen LogP contribution is -2.46. The second-order valence-corrected chi connectivity index (χ2v) is 6.54. The van der Waals surface area contributed by atoms with Crippen molar-refractivity contribution in [1.29, 1.82) is 0 Å². The summed E-state index contributed by atoms with van der Waals surface area (Å²) in [5, 5.41) is 7.43. The number of hydrogen-bond acceptors (Lipinski definition) is 3. The summed E-state index contributed by atoms with van der Waals surface area (Å²) in [7, 11) is 0. The molecule has 3 rings (SSSR count). The summed E-state index contributed by atoms with van der Waals surface area (Å²) in [4.78, 5) is 36.0. The van der Waals surface area contributed by atoms with Crippen molar-refractivity contribution >= 4 is 34.2 Å². The second kappa shape index (κ2) is 8.35. The average molecular weight is 375 g/mol. The Morgan fingerprint density at radius 3 is 2.32 bits per heavy atom. The number of nitrogens with two attached hydrogens (primary N) is 1. The molecule has 6 nitrogen and oxygen atoms in total. The van der Waals surface area contributed by atoms with Crippen LogP contribution in [-0.4, -0.2) is 23.8 Å². The molecule has 4 N–H and O–H groups in total. The Labute approximate surface area is 162 Å². The lowest BCUT2D eigenvalue weighted by Gasteiger charge is -2.17. The second-order valence-electron chi connectivity index (χ2n) is 6.54. The molecule has 0 aromatic heterocycles. The van der Waals surface area contributed by atoms with Gasteiger partial charge in [-0.15, -0.1) is 0 Å². The van der Waals surface area contributed by atoms with E-state index in [1.54, 1.807) is 24.3 Å². The van der Waals surface area contributed by atoms with E-state index >= 15 is 0 Å². The van der Waals surface area contributed by atoms with Crippen LogP contribution in [-0.2, 0) is 16.0 Å². The Bertz CT molecular complexity index is 1050. The molecule has 0 aliphatic heterocycles. The first-order valence-electron chi connectivity index (χ1n) is 8.88. The molecule has 3 aromatic carbocycles. The number of carbonyl (C=O) groups is 3. The monoisotopic (exact) mass is 375 g/mol. The zero-order valence-electron chi connectivity index (χ0n) is 15.4. The molecule has 0 saturated carbocycles. The Morgan fingerprint density at radius 2 is 1.61 bits per heavy atom. The highest BCUT2D eigenvalue weighted by Crippen LogP contribution is 2.18. The number of carbonyl (C=O) groups excluding carboxylic acids is 3. The maximum Gasteiger partial charge on any atom is 0.254 e. The van der Waals surface area contributed by atoms with E-state index in [-0.39, 0.29) is 17.9 Å². The van der Waals surface area contributed by atoms with Gasteiger partial charge >= 0.3 is 0 Å². The number of hydrogen-bond donors (Lipinski definition) is 3. The number of nitrogens with one attached hydrogen (secondary N) is 2. The molecule has 1 atom stereocenters. The van der Waals surface area contributed by atoms with E-state index in [0.29, 0.717) is 5.69 Å². The molecule has 0 radical (unpaired) electrons. The average Bonchev–Trinajstić information content (AvgIpc) is 2.67. The van der Waals surface area contributed by atoms with E-state index in [4.69, 9.17) is 5.73 Å². The van der Waals surface area contributed by atoms with Crippen molar-refractivity contribution < 1.29 is 14.4 Å². The molecule has 0 saturated heterocycles. The molecule has 142 valence electrons. The zero-order chi connectivity index (χ0) is 20.1. The van der Waals surface area contributed by atoms with Gasteiger partial charge in [-0.1, -0.05) is 54.6 Å². The molecule has 0 aliphatic carbocycles. The first-order chi connectivity index (χ1) is 13.4. The standard InChI is InChI=1S/C22H21N3O3/c1-14(26)24-19-9-5-4-8-18(19)22(28)25-20(21(23)27)13-15-10-11-16-6-2-3-7-17(16)12-15/h2-12,20H,13H2,1H3,(H2,23,27)(H,24,26)(H,25,28)/t20-/m1/s1. The minimum atomic E-state index is -0.876. The van der Waals surface area contributed by atoms with Gasteiger partial charge in [0, 0.05) is 13.3 Å². The third-order valence-electron chi connectivity index (χ3n) is 4.38. The van der Waals surface area contributed by atoms with Gasteiger partial charge in [-0.2, -0.15) is 0 Å². The van der Waals surface area contributed by atoms with Gasteiger partial charge < -0.3 is 16.4 Å². The van der Waals surface area contributed by atoms with Crippen LogP contribution in [0.5, 0.6) is 0 Å². The van der Waals surface area contributed by atoms with Crippen molar-refractivity contribution in [3.05, 3.63) is 77.9 Å². The predicted octanol–water partition coefficient (Wildman–Crippen LogP) is 2.62. The normalized spacial score (nSPS) is 11.6. The first kappa shape index (κ1) is 19.1. The van der Waals surface area contributed by atoms with Crippen LogP contribution in [0, 0.1) is 0 Å².